The van der Waals surface area contributed by atoms with Gasteiger partial charge in [0.2, 0.25) is 0 Å². The first kappa shape index (κ1) is 20.1. The third kappa shape index (κ3) is 4.43. The number of hydrogen-bond acceptors (Lipinski definition) is 5. The van der Waals surface area contributed by atoms with Gasteiger partial charge >= 0.3 is 0 Å². The molecule has 3 aliphatic rings. The fourth-order valence-corrected chi connectivity index (χ4v) is 5.50. The zero-order valence-electron chi connectivity index (χ0n) is 17.3. The Hall–Kier alpha value is -1.82. The Balaban J connectivity index is 1.20. The molecule has 30 heavy (non-hydrogen) atoms. The van der Waals surface area contributed by atoms with Crippen LogP contribution >= 0.6 is 11.6 Å². The van der Waals surface area contributed by atoms with Crippen molar-refractivity contribution in [3.63, 3.8) is 0 Å². The molecule has 2 aliphatic heterocycles. The van der Waals surface area contributed by atoms with Gasteiger partial charge in [0.15, 0.2) is 0 Å². The number of nitrogens with zero attached hydrogens (tertiary/aromatic N) is 3. The molecule has 3 heterocycles. The largest absolute Gasteiger partial charge is 0.488 e. The number of rotatable bonds is 5. The number of pyridine rings is 1. The zero-order chi connectivity index (χ0) is 20.5. The van der Waals surface area contributed by atoms with Crippen LogP contribution in [-0.2, 0) is 6.54 Å². The molecular weight excluding hydrogens is 398 g/mol. The van der Waals surface area contributed by atoms with Crippen LogP contribution < -0.4 is 9.64 Å². The van der Waals surface area contributed by atoms with Crippen molar-refractivity contribution >= 4 is 17.4 Å². The smallest absolute Gasteiger partial charge is 0.128 e. The number of aliphatic hydroxyl groups is 1. The number of aliphatic hydroxyl groups excluding tert-OH is 1. The van der Waals surface area contributed by atoms with Crippen molar-refractivity contribution in [2.75, 3.05) is 31.1 Å². The lowest BCUT2D eigenvalue weighted by Crippen LogP contribution is -2.42. The number of hydrogen-bond donors (Lipinski definition) is 1. The number of halogens is 1. The second-order valence-corrected chi connectivity index (χ2v) is 9.52. The number of ether oxygens (including phenoxy) is 1. The van der Waals surface area contributed by atoms with Gasteiger partial charge in [-0.3, -0.25) is 4.90 Å². The van der Waals surface area contributed by atoms with Gasteiger partial charge in [-0.25, -0.2) is 4.98 Å². The molecule has 1 aromatic heterocycles. The summed E-state index contributed by atoms with van der Waals surface area (Å²) >= 11 is 6.07. The number of fused-ring (bicyclic) bond motifs is 1. The fraction of sp³-hybridized carbons (Fsp3) is 0.542. The van der Waals surface area contributed by atoms with Gasteiger partial charge in [-0.05, 0) is 80.4 Å². The first-order valence-corrected chi connectivity index (χ1v) is 11.5. The van der Waals surface area contributed by atoms with Gasteiger partial charge < -0.3 is 14.7 Å². The first-order valence-electron chi connectivity index (χ1n) is 11.2. The van der Waals surface area contributed by atoms with E-state index in [1.165, 1.54) is 31.5 Å². The Morgan fingerprint density at radius 2 is 1.87 bits per heavy atom. The first-order chi connectivity index (χ1) is 14.6. The molecule has 1 aliphatic carbocycles. The lowest BCUT2D eigenvalue weighted by molar-refractivity contribution is -0.0231. The van der Waals surface area contributed by atoms with E-state index >= 15 is 0 Å². The summed E-state index contributed by atoms with van der Waals surface area (Å²) in [5.74, 6) is 2.79. The van der Waals surface area contributed by atoms with E-state index in [-0.39, 0.29) is 6.10 Å². The third-order valence-corrected chi connectivity index (χ3v) is 7.14. The maximum atomic E-state index is 10.7. The Morgan fingerprint density at radius 3 is 2.60 bits per heavy atom. The average molecular weight is 428 g/mol. The quantitative estimate of drug-likeness (QED) is 0.781. The molecule has 5 rings (SSSR count). The normalized spacial score (nSPS) is 29.2. The summed E-state index contributed by atoms with van der Waals surface area (Å²) in [7, 11) is 0. The minimum absolute atomic E-state index is 0.180. The average Bonchev–Trinajstić information content (AvgIpc) is 3.38. The molecule has 2 saturated heterocycles. The molecule has 0 spiro atoms. The Bertz CT molecular complexity index is 856. The summed E-state index contributed by atoms with van der Waals surface area (Å²) in [4.78, 5) is 9.65. The van der Waals surface area contributed by atoms with Crippen LogP contribution in [0, 0.1) is 11.8 Å². The topological polar surface area (TPSA) is 48.8 Å². The fourth-order valence-electron chi connectivity index (χ4n) is 5.32. The number of likely N-dealkylation sites (tertiary alicyclic amines) is 1. The summed E-state index contributed by atoms with van der Waals surface area (Å²) in [6.45, 7) is 5.36. The summed E-state index contributed by atoms with van der Waals surface area (Å²) < 4.78 is 6.10. The lowest BCUT2D eigenvalue weighted by atomic mass is 9.78. The molecule has 160 valence electrons. The predicted octanol–water partition coefficient (Wildman–Crippen LogP) is 3.99. The van der Waals surface area contributed by atoms with Crippen LogP contribution in [0.2, 0.25) is 5.02 Å². The van der Waals surface area contributed by atoms with Crippen LogP contribution in [0.5, 0.6) is 5.75 Å². The summed E-state index contributed by atoms with van der Waals surface area (Å²) in [5, 5.41) is 11.3. The Labute approximate surface area is 183 Å². The minimum Gasteiger partial charge on any atom is -0.488 e. The van der Waals surface area contributed by atoms with Crippen LogP contribution in [-0.4, -0.2) is 53.4 Å². The highest BCUT2D eigenvalue weighted by molar-refractivity contribution is 6.30. The maximum Gasteiger partial charge on any atom is 0.128 e. The molecule has 1 aromatic carbocycles. The Kier molecular flexibility index (Phi) is 5.85. The number of anilines is 1. The highest BCUT2D eigenvalue weighted by atomic mass is 35.5. The molecule has 5 nitrogen and oxygen atoms in total. The predicted molar refractivity (Wildman–Crippen MR) is 119 cm³/mol. The van der Waals surface area contributed by atoms with E-state index in [0.29, 0.717) is 16.9 Å². The molecular formula is C24H30ClN3O2. The molecule has 0 amide bonds. The zero-order valence-corrected chi connectivity index (χ0v) is 18.0. The summed E-state index contributed by atoms with van der Waals surface area (Å²) in [6, 6.07) is 11.8. The summed E-state index contributed by atoms with van der Waals surface area (Å²) in [6.07, 6.45) is 5.68. The van der Waals surface area contributed by atoms with Crippen molar-refractivity contribution in [1.29, 1.82) is 0 Å². The van der Waals surface area contributed by atoms with Crippen molar-refractivity contribution in [2.24, 2.45) is 11.8 Å². The van der Waals surface area contributed by atoms with Crippen molar-refractivity contribution in [1.82, 2.24) is 9.88 Å². The van der Waals surface area contributed by atoms with Crippen LogP contribution in [0.1, 0.15) is 31.2 Å². The second-order valence-electron chi connectivity index (χ2n) is 9.09. The van der Waals surface area contributed by atoms with Crippen molar-refractivity contribution in [3.8, 4) is 5.75 Å². The van der Waals surface area contributed by atoms with Gasteiger partial charge in [-0.1, -0.05) is 23.7 Å². The lowest BCUT2D eigenvalue weighted by Gasteiger charge is -2.35. The molecule has 3 fully saturated rings. The van der Waals surface area contributed by atoms with Crippen LogP contribution in [0.15, 0.2) is 42.6 Å². The van der Waals surface area contributed by atoms with Gasteiger partial charge in [0.1, 0.15) is 17.7 Å². The van der Waals surface area contributed by atoms with E-state index in [4.69, 9.17) is 21.3 Å². The number of aromatic nitrogens is 1. The van der Waals surface area contributed by atoms with E-state index < -0.39 is 6.10 Å². The molecule has 0 radical (unpaired) electrons. The van der Waals surface area contributed by atoms with Gasteiger partial charge in [0.05, 0.1) is 6.10 Å². The van der Waals surface area contributed by atoms with E-state index in [1.807, 2.05) is 30.5 Å². The SMILES string of the molecule is O[C@@H]1C[C@H]2CN(c3ccc(CN4CCCC4)cn3)C[C@H]2C[C@H]1Oc1cccc(Cl)c1. The molecule has 2 aromatic rings. The number of benzene rings is 1. The van der Waals surface area contributed by atoms with Gasteiger partial charge in [-0.15, -0.1) is 0 Å². The third-order valence-electron chi connectivity index (χ3n) is 6.91. The molecule has 0 unspecified atom stereocenters. The van der Waals surface area contributed by atoms with Crippen LogP contribution in [0.25, 0.3) is 0 Å². The monoisotopic (exact) mass is 427 g/mol. The van der Waals surface area contributed by atoms with Crippen LogP contribution in [0.4, 0.5) is 5.82 Å². The maximum absolute atomic E-state index is 10.7. The van der Waals surface area contributed by atoms with E-state index in [2.05, 4.69) is 21.9 Å². The minimum atomic E-state index is -0.444. The van der Waals surface area contributed by atoms with E-state index in [9.17, 15) is 5.11 Å². The highest BCUT2D eigenvalue weighted by Gasteiger charge is 2.43. The highest BCUT2D eigenvalue weighted by Crippen LogP contribution is 2.39. The molecule has 0 bridgehead atoms. The van der Waals surface area contributed by atoms with Gasteiger partial charge in [0, 0.05) is 30.9 Å². The molecule has 4 atom stereocenters. The molecule has 6 heteroatoms. The molecule has 1 N–H and O–H groups in total. The Morgan fingerprint density at radius 1 is 1.07 bits per heavy atom. The van der Waals surface area contributed by atoms with Crippen LogP contribution in [0.3, 0.4) is 0 Å². The van der Waals surface area contributed by atoms with Crippen molar-refractivity contribution in [2.45, 2.75) is 44.4 Å². The van der Waals surface area contributed by atoms with E-state index in [1.54, 1.807) is 0 Å². The van der Waals surface area contributed by atoms with Gasteiger partial charge in [0.25, 0.3) is 0 Å². The standard InChI is InChI=1S/C24H30ClN3O2/c25-20-4-3-5-21(12-20)30-23-11-19-16-28(15-18(19)10-22(23)29)24-7-6-17(13-26-24)14-27-8-1-2-9-27/h3-7,12-13,18-19,22-23,29H,1-2,8-11,14-16H2/t18-,19+,22+,23+/m0/s1. The van der Waals surface area contributed by atoms with E-state index in [0.717, 1.165) is 44.0 Å². The van der Waals surface area contributed by atoms with Gasteiger partial charge in [-0.2, -0.15) is 0 Å². The second kappa shape index (κ2) is 8.74. The molecule has 1 saturated carbocycles. The summed E-state index contributed by atoms with van der Waals surface area (Å²) in [5.41, 5.74) is 1.29. The van der Waals surface area contributed by atoms with Crippen molar-refractivity contribution < 1.29 is 9.84 Å². The van der Waals surface area contributed by atoms with Crippen molar-refractivity contribution in [3.05, 3.63) is 53.2 Å².